The molecule has 312 valence electrons. The largest absolute Gasteiger partial charge is 0.277 e. The van der Waals surface area contributed by atoms with E-state index < -0.39 is 5.41 Å². The van der Waals surface area contributed by atoms with Crippen LogP contribution in [0.4, 0.5) is 0 Å². The molecule has 0 N–H and O–H groups in total. The van der Waals surface area contributed by atoms with Crippen molar-refractivity contribution in [3.63, 3.8) is 0 Å². The molecule has 0 amide bonds. The first kappa shape index (κ1) is 38.3. The van der Waals surface area contributed by atoms with Crippen molar-refractivity contribution < 1.29 is 0 Å². The molecular formula is C62H44N4. The Morgan fingerprint density at radius 2 is 0.985 bits per heavy atom. The van der Waals surface area contributed by atoms with Crippen LogP contribution >= 0.6 is 0 Å². The quantitative estimate of drug-likeness (QED) is 0.174. The second kappa shape index (κ2) is 14.7. The zero-order valence-electron chi connectivity index (χ0n) is 37.0. The molecule has 0 saturated heterocycles. The Labute approximate surface area is 383 Å². The van der Waals surface area contributed by atoms with Crippen LogP contribution in [-0.4, -0.2) is 19.5 Å². The third-order valence-electron chi connectivity index (χ3n) is 14.0. The molecule has 0 radical (unpaired) electrons. The number of para-hydroxylation sites is 1. The van der Waals surface area contributed by atoms with E-state index in [1.165, 1.54) is 61.3 Å². The molecule has 1 aliphatic heterocycles. The van der Waals surface area contributed by atoms with Crippen LogP contribution in [0.25, 0.3) is 116 Å². The van der Waals surface area contributed by atoms with Crippen molar-refractivity contribution in [2.24, 2.45) is 0 Å². The van der Waals surface area contributed by atoms with Crippen LogP contribution in [0.5, 0.6) is 0 Å². The fourth-order valence-electron chi connectivity index (χ4n) is 10.9. The van der Waals surface area contributed by atoms with Crippen LogP contribution in [-0.2, 0) is 5.41 Å². The van der Waals surface area contributed by atoms with Gasteiger partial charge in [0.05, 0.1) is 11.0 Å². The molecule has 66 heavy (non-hydrogen) atoms. The highest BCUT2D eigenvalue weighted by Crippen LogP contribution is 2.57. The lowest BCUT2D eigenvalue weighted by molar-refractivity contribution is 0.716. The molecule has 1 aliphatic carbocycles. The fraction of sp³-hybridized carbons (Fsp3) is 0.0806. The Morgan fingerprint density at radius 1 is 0.394 bits per heavy atom. The molecule has 14 rings (SSSR count). The minimum absolute atomic E-state index is 0.564. The standard InChI is InChI=1S/C59H36N4.C3H8/c1-59-50-29-27-37-14-9-10-19-44(37)54(50)47-28-26-43(33-51(47)59)45-20-11-21-46-48-30-39-15-6-8-18-42(39)34-53(48)63(55(45)46)58-61-56(38-24-22-36(23-25-38)35-12-3-2-4-13-35)60-57(62-58)49-31-40-16-5-7-17-41(40)32-52(49)59;1-3-2/h2-34H,1H3;3H2,1-2H3. The number of rotatable bonds is 2. The van der Waals surface area contributed by atoms with E-state index in [4.69, 9.17) is 15.0 Å². The van der Waals surface area contributed by atoms with Gasteiger partial charge in [-0.2, -0.15) is 9.97 Å². The van der Waals surface area contributed by atoms with Gasteiger partial charge in [-0.3, -0.25) is 4.57 Å². The van der Waals surface area contributed by atoms with Crippen molar-refractivity contribution in [3.8, 4) is 62.1 Å². The highest BCUT2D eigenvalue weighted by molar-refractivity contribution is 6.17. The van der Waals surface area contributed by atoms with Gasteiger partial charge >= 0.3 is 0 Å². The van der Waals surface area contributed by atoms with Crippen LogP contribution in [0.1, 0.15) is 43.9 Å². The molecule has 0 saturated carbocycles. The number of fused-ring (bicyclic) bond motifs is 18. The zero-order valence-corrected chi connectivity index (χ0v) is 37.0. The third kappa shape index (κ3) is 5.61. The smallest absolute Gasteiger partial charge is 0.238 e. The second-order valence-corrected chi connectivity index (χ2v) is 18.0. The summed E-state index contributed by atoms with van der Waals surface area (Å²) in [6, 6.07) is 73.2. The van der Waals surface area contributed by atoms with Gasteiger partial charge in [-0.15, -0.1) is 0 Å². The molecule has 4 heteroatoms. The van der Waals surface area contributed by atoms with E-state index in [2.05, 4.69) is 226 Å². The molecule has 0 spiro atoms. The van der Waals surface area contributed by atoms with Crippen molar-refractivity contribution in [2.75, 3.05) is 0 Å². The van der Waals surface area contributed by atoms with Gasteiger partial charge in [0.1, 0.15) is 0 Å². The lowest BCUT2D eigenvalue weighted by Crippen LogP contribution is -2.24. The summed E-state index contributed by atoms with van der Waals surface area (Å²) in [5.41, 5.74) is 14.4. The molecule has 1 unspecified atom stereocenters. The maximum atomic E-state index is 5.63. The number of hydrogen-bond acceptors (Lipinski definition) is 3. The minimum Gasteiger partial charge on any atom is -0.277 e. The summed E-state index contributed by atoms with van der Waals surface area (Å²) in [7, 11) is 0. The van der Waals surface area contributed by atoms with Gasteiger partial charge in [0.25, 0.3) is 0 Å². The number of benzene rings is 10. The molecule has 4 bridgehead atoms. The average Bonchev–Trinajstić information content (AvgIpc) is 3.84. The Balaban J connectivity index is 0.00000141. The molecule has 0 fully saturated rings. The second-order valence-electron chi connectivity index (χ2n) is 18.0. The van der Waals surface area contributed by atoms with Crippen LogP contribution in [0.3, 0.4) is 0 Å². The summed E-state index contributed by atoms with van der Waals surface area (Å²) in [6.07, 6.45) is 1.25. The van der Waals surface area contributed by atoms with Crippen LogP contribution in [0, 0.1) is 0 Å². The van der Waals surface area contributed by atoms with Gasteiger partial charge in [0, 0.05) is 32.9 Å². The maximum Gasteiger partial charge on any atom is 0.238 e. The normalized spacial score (nSPS) is 14.4. The van der Waals surface area contributed by atoms with Crippen molar-refractivity contribution in [3.05, 3.63) is 217 Å². The van der Waals surface area contributed by atoms with E-state index in [9.17, 15) is 0 Å². The summed E-state index contributed by atoms with van der Waals surface area (Å²) in [6.45, 7) is 6.67. The Morgan fingerprint density at radius 3 is 1.76 bits per heavy atom. The zero-order chi connectivity index (χ0) is 44.1. The molecule has 12 aromatic rings. The Kier molecular flexibility index (Phi) is 8.50. The highest BCUT2D eigenvalue weighted by atomic mass is 15.2. The van der Waals surface area contributed by atoms with Crippen molar-refractivity contribution >= 4 is 54.1 Å². The van der Waals surface area contributed by atoms with Crippen molar-refractivity contribution in [2.45, 2.75) is 32.6 Å². The first-order valence-corrected chi connectivity index (χ1v) is 23.1. The van der Waals surface area contributed by atoms with E-state index >= 15 is 0 Å². The monoisotopic (exact) mass is 844 g/mol. The Bertz CT molecular complexity index is 3940. The summed E-state index contributed by atoms with van der Waals surface area (Å²) >= 11 is 0. The number of nitrogens with zero attached hydrogens (tertiary/aromatic N) is 4. The maximum absolute atomic E-state index is 5.63. The SMILES string of the molecule is CC12c3cc4ccccc4cc3-c3nc(-c4ccc(-c5ccccc5)cc4)nc(n3)-n3c4cc5ccccc5cc4c4cccc(c43)-c3ccc(c1c3)-c1c2ccc2ccccc12.CCC. The first-order valence-electron chi connectivity index (χ1n) is 23.1. The topological polar surface area (TPSA) is 43.6 Å². The molecule has 3 heterocycles. The summed E-state index contributed by atoms with van der Waals surface area (Å²) < 4.78 is 2.30. The summed E-state index contributed by atoms with van der Waals surface area (Å²) in [5, 5.41) is 9.49. The van der Waals surface area contributed by atoms with Gasteiger partial charge in [-0.1, -0.05) is 190 Å². The van der Waals surface area contributed by atoms with Gasteiger partial charge in [-0.05, 0) is 114 Å². The number of hydrogen-bond donors (Lipinski definition) is 0. The summed E-state index contributed by atoms with van der Waals surface area (Å²) in [4.78, 5) is 16.6. The average molecular weight is 845 g/mol. The van der Waals surface area contributed by atoms with Crippen LogP contribution in [0.2, 0.25) is 0 Å². The predicted octanol–water partition coefficient (Wildman–Crippen LogP) is 16.2. The molecular weight excluding hydrogens is 801 g/mol. The lowest BCUT2D eigenvalue weighted by atomic mass is 9.71. The third-order valence-corrected chi connectivity index (χ3v) is 14.0. The summed E-state index contributed by atoms with van der Waals surface area (Å²) in [5.74, 6) is 1.86. The van der Waals surface area contributed by atoms with Crippen LogP contribution < -0.4 is 0 Å². The number of aromatic nitrogens is 4. The van der Waals surface area contributed by atoms with E-state index in [1.807, 2.05) is 0 Å². The molecule has 2 aromatic heterocycles. The molecule has 4 nitrogen and oxygen atoms in total. The first-order chi connectivity index (χ1) is 32.5. The Hall–Kier alpha value is -8.21. The van der Waals surface area contributed by atoms with Crippen LogP contribution in [0.15, 0.2) is 200 Å². The van der Waals surface area contributed by atoms with E-state index in [1.54, 1.807) is 0 Å². The molecule has 1 atom stereocenters. The van der Waals surface area contributed by atoms with Gasteiger partial charge < -0.3 is 0 Å². The molecule has 10 aromatic carbocycles. The lowest BCUT2D eigenvalue weighted by Gasteiger charge is -2.31. The van der Waals surface area contributed by atoms with Crippen molar-refractivity contribution in [1.82, 2.24) is 19.5 Å². The molecule has 2 aliphatic rings. The van der Waals surface area contributed by atoms with Crippen molar-refractivity contribution in [1.29, 1.82) is 0 Å². The van der Waals surface area contributed by atoms with E-state index in [0.29, 0.717) is 17.6 Å². The van der Waals surface area contributed by atoms with Gasteiger partial charge in [0.2, 0.25) is 5.95 Å². The van der Waals surface area contributed by atoms with E-state index in [0.717, 1.165) is 60.4 Å². The van der Waals surface area contributed by atoms with Gasteiger partial charge in [-0.25, -0.2) is 4.98 Å². The van der Waals surface area contributed by atoms with Gasteiger partial charge in [0.15, 0.2) is 11.6 Å². The highest BCUT2D eigenvalue weighted by Gasteiger charge is 2.44. The predicted molar refractivity (Wildman–Crippen MR) is 275 cm³/mol. The fourth-order valence-corrected chi connectivity index (χ4v) is 10.9. The minimum atomic E-state index is -0.564. The van der Waals surface area contributed by atoms with E-state index in [-0.39, 0.29) is 0 Å².